The summed E-state index contributed by atoms with van der Waals surface area (Å²) in [6, 6.07) is 9.98. The number of halogens is 1. The second-order valence-electron chi connectivity index (χ2n) is 4.92. The summed E-state index contributed by atoms with van der Waals surface area (Å²) >= 11 is 5.82. The first-order valence-electron chi connectivity index (χ1n) is 7.33. The summed E-state index contributed by atoms with van der Waals surface area (Å²) in [5.74, 6) is -0.562. The van der Waals surface area contributed by atoms with Crippen molar-refractivity contribution in [3.05, 3.63) is 59.3 Å². The van der Waals surface area contributed by atoms with Gasteiger partial charge in [-0.25, -0.2) is 0 Å². The lowest BCUT2D eigenvalue weighted by molar-refractivity contribution is 0.0891. The van der Waals surface area contributed by atoms with Crippen molar-refractivity contribution in [2.45, 2.75) is 0 Å². The van der Waals surface area contributed by atoms with Crippen LogP contribution in [0.2, 0.25) is 5.02 Å². The molecule has 128 valence electrons. The van der Waals surface area contributed by atoms with E-state index in [1.54, 1.807) is 36.4 Å². The van der Waals surface area contributed by atoms with Gasteiger partial charge in [0.15, 0.2) is 5.76 Å². The van der Waals surface area contributed by atoms with Gasteiger partial charge in [0.1, 0.15) is 0 Å². The maximum Gasteiger partial charge on any atom is 0.316 e. The normalized spacial score (nSPS) is 10.4. The predicted octanol–water partition coefficient (Wildman–Crippen LogP) is 2.14. The van der Waals surface area contributed by atoms with Crippen molar-refractivity contribution in [3.8, 4) is 11.4 Å². The Hall–Kier alpha value is -3.13. The van der Waals surface area contributed by atoms with Crippen LogP contribution >= 0.6 is 11.6 Å². The predicted molar refractivity (Wildman–Crippen MR) is 88.1 cm³/mol. The highest BCUT2D eigenvalue weighted by molar-refractivity contribution is 6.30. The average Bonchev–Trinajstić information content (AvgIpc) is 3.30. The van der Waals surface area contributed by atoms with Crippen LogP contribution < -0.4 is 10.6 Å². The van der Waals surface area contributed by atoms with Crippen molar-refractivity contribution in [3.63, 3.8) is 0 Å². The van der Waals surface area contributed by atoms with Gasteiger partial charge in [-0.1, -0.05) is 16.8 Å². The minimum atomic E-state index is -0.528. The molecule has 2 aromatic heterocycles. The molecular weight excluding hydrogens is 348 g/mol. The molecule has 3 aromatic rings. The molecule has 0 saturated heterocycles. The topological polar surface area (TPSA) is 110 Å². The van der Waals surface area contributed by atoms with Crippen molar-refractivity contribution in [1.82, 2.24) is 20.8 Å². The fourth-order valence-corrected chi connectivity index (χ4v) is 2.08. The Morgan fingerprint density at radius 3 is 2.44 bits per heavy atom. The number of benzene rings is 1. The number of aromatic nitrogens is 2. The third-order valence-electron chi connectivity index (χ3n) is 3.16. The van der Waals surface area contributed by atoms with Crippen LogP contribution in [-0.4, -0.2) is 35.0 Å². The molecule has 2 amide bonds. The average molecular weight is 361 g/mol. The molecule has 0 aliphatic heterocycles. The van der Waals surface area contributed by atoms with Gasteiger partial charge in [0.25, 0.3) is 5.91 Å². The molecule has 2 heterocycles. The highest BCUT2D eigenvalue weighted by Crippen LogP contribution is 2.18. The first-order valence-corrected chi connectivity index (χ1v) is 7.71. The molecule has 0 bridgehead atoms. The largest absolute Gasteiger partial charge is 0.459 e. The Balaban J connectivity index is 1.49. The Labute approximate surface area is 147 Å². The SMILES string of the molecule is O=C(NCCNC(=O)c1nc(-c2ccc(Cl)cc2)no1)c1ccco1. The zero-order chi connectivity index (χ0) is 17.6. The van der Waals surface area contributed by atoms with Gasteiger partial charge in [-0.15, -0.1) is 0 Å². The molecule has 0 aliphatic carbocycles. The van der Waals surface area contributed by atoms with E-state index in [-0.39, 0.29) is 36.5 Å². The molecule has 0 atom stereocenters. The summed E-state index contributed by atoms with van der Waals surface area (Å²) in [6.07, 6.45) is 1.41. The molecule has 0 unspecified atom stereocenters. The van der Waals surface area contributed by atoms with Gasteiger partial charge in [-0.3, -0.25) is 9.59 Å². The number of amides is 2. The van der Waals surface area contributed by atoms with Crippen LogP contribution in [-0.2, 0) is 0 Å². The molecule has 8 nitrogen and oxygen atoms in total. The van der Waals surface area contributed by atoms with E-state index in [9.17, 15) is 9.59 Å². The number of hydrogen-bond acceptors (Lipinski definition) is 6. The zero-order valence-corrected chi connectivity index (χ0v) is 13.6. The van der Waals surface area contributed by atoms with Gasteiger partial charge >= 0.3 is 11.8 Å². The number of hydrogen-bond donors (Lipinski definition) is 2. The van der Waals surface area contributed by atoms with Crippen LogP contribution in [0, 0.1) is 0 Å². The second kappa shape index (κ2) is 7.63. The number of nitrogens with one attached hydrogen (secondary N) is 2. The maximum atomic E-state index is 12.0. The summed E-state index contributed by atoms with van der Waals surface area (Å²) in [6.45, 7) is 0.424. The zero-order valence-electron chi connectivity index (χ0n) is 12.9. The first-order chi connectivity index (χ1) is 12.1. The molecule has 1 aromatic carbocycles. The smallest absolute Gasteiger partial charge is 0.316 e. The molecule has 25 heavy (non-hydrogen) atoms. The standard InChI is InChI=1S/C16H13ClN4O4/c17-11-5-3-10(4-6-11)13-20-16(25-21-13)15(23)19-8-7-18-14(22)12-2-1-9-24-12/h1-6,9H,7-8H2,(H,18,22)(H,19,23). The molecule has 0 saturated carbocycles. The van der Waals surface area contributed by atoms with E-state index in [0.717, 1.165) is 0 Å². The number of furan rings is 1. The molecule has 2 N–H and O–H groups in total. The Morgan fingerprint density at radius 1 is 1.04 bits per heavy atom. The highest BCUT2D eigenvalue weighted by atomic mass is 35.5. The first kappa shape index (κ1) is 16.7. The van der Waals surface area contributed by atoms with Crippen LogP contribution in [0.5, 0.6) is 0 Å². The Kier molecular flexibility index (Phi) is 5.10. The van der Waals surface area contributed by atoms with Crippen LogP contribution in [0.15, 0.2) is 51.6 Å². The van der Waals surface area contributed by atoms with E-state index in [0.29, 0.717) is 10.6 Å². The summed E-state index contributed by atoms with van der Waals surface area (Å²) in [5.41, 5.74) is 0.679. The molecule has 9 heteroatoms. The lowest BCUT2D eigenvalue weighted by Gasteiger charge is -2.03. The van der Waals surface area contributed by atoms with E-state index in [1.165, 1.54) is 6.26 Å². The number of carbonyl (C=O) groups excluding carboxylic acids is 2. The van der Waals surface area contributed by atoms with Crippen molar-refractivity contribution in [1.29, 1.82) is 0 Å². The van der Waals surface area contributed by atoms with E-state index in [2.05, 4.69) is 20.8 Å². The van der Waals surface area contributed by atoms with Gasteiger partial charge in [0, 0.05) is 23.7 Å². The fraction of sp³-hybridized carbons (Fsp3) is 0.125. The van der Waals surface area contributed by atoms with Gasteiger partial charge in [0.2, 0.25) is 5.82 Å². The van der Waals surface area contributed by atoms with Crippen molar-refractivity contribution >= 4 is 23.4 Å². The van der Waals surface area contributed by atoms with Crippen molar-refractivity contribution in [2.24, 2.45) is 0 Å². The van der Waals surface area contributed by atoms with Crippen LogP contribution in [0.3, 0.4) is 0 Å². The highest BCUT2D eigenvalue weighted by Gasteiger charge is 2.16. The maximum absolute atomic E-state index is 12.0. The van der Waals surface area contributed by atoms with Crippen molar-refractivity contribution in [2.75, 3.05) is 13.1 Å². The van der Waals surface area contributed by atoms with E-state index in [4.69, 9.17) is 20.5 Å². The third-order valence-corrected chi connectivity index (χ3v) is 3.42. The fourth-order valence-electron chi connectivity index (χ4n) is 1.95. The van der Waals surface area contributed by atoms with Crippen LogP contribution in [0.4, 0.5) is 0 Å². The van der Waals surface area contributed by atoms with Crippen LogP contribution in [0.25, 0.3) is 11.4 Å². The lowest BCUT2D eigenvalue weighted by atomic mass is 10.2. The number of nitrogens with zero attached hydrogens (tertiary/aromatic N) is 2. The lowest BCUT2D eigenvalue weighted by Crippen LogP contribution is -2.34. The summed E-state index contributed by atoms with van der Waals surface area (Å²) in [5, 5.41) is 9.51. The molecule has 0 aliphatic rings. The third kappa shape index (κ3) is 4.24. The van der Waals surface area contributed by atoms with E-state index < -0.39 is 5.91 Å². The van der Waals surface area contributed by atoms with Gasteiger partial charge in [-0.05, 0) is 36.4 Å². The van der Waals surface area contributed by atoms with Crippen molar-refractivity contribution < 1.29 is 18.5 Å². The monoisotopic (exact) mass is 360 g/mol. The summed E-state index contributed by atoms with van der Waals surface area (Å²) in [4.78, 5) is 27.6. The quantitative estimate of drug-likeness (QED) is 0.652. The summed E-state index contributed by atoms with van der Waals surface area (Å²) in [7, 11) is 0. The molecular formula is C16H13ClN4O4. The minimum absolute atomic E-state index is 0.165. The van der Waals surface area contributed by atoms with E-state index >= 15 is 0 Å². The Bertz CT molecular complexity index is 859. The van der Waals surface area contributed by atoms with E-state index in [1.807, 2.05) is 0 Å². The summed E-state index contributed by atoms with van der Waals surface area (Å²) < 4.78 is 9.89. The minimum Gasteiger partial charge on any atom is -0.459 e. The Morgan fingerprint density at radius 2 is 1.76 bits per heavy atom. The molecule has 0 spiro atoms. The van der Waals surface area contributed by atoms with Gasteiger partial charge < -0.3 is 19.6 Å². The molecule has 0 radical (unpaired) electrons. The number of carbonyl (C=O) groups is 2. The molecule has 0 fully saturated rings. The molecule has 3 rings (SSSR count). The van der Waals surface area contributed by atoms with Crippen LogP contribution in [0.1, 0.15) is 21.2 Å². The van der Waals surface area contributed by atoms with Gasteiger partial charge in [-0.2, -0.15) is 4.98 Å². The van der Waals surface area contributed by atoms with Gasteiger partial charge in [0.05, 0.1) is 6.26 Å². The number of rotatable bonds is 6. The second-order valence-corrected chi connectivity index (χ2v) is 5.36.